The summed E-state index contributed by atoms with van der Waals surface area (Å²) in [7, 11) is 3.11. The molecular weight excluding hydrogens is 320 g/mol. The minimum atomic E-state index is -0.619. The maximum Gasteiger partial charge on any atom is 0.316 e. The summed E-state index contributed by atoms with van der Waals surface area (Å²) in [6, 6.07) is 13.0. The van der Waals surface area contributed by atoms with Crippen molar-refractivity contribution in [3.05, 3.63) is 53.6 Å². The zero-order valence-corrected chi connectivity index (χ0v) is 14.2. The van der Waals surface area contributed by atoms with Crippen LogP contribution in [-0.4, -0.2) is 32.6 Å². The highest BCUT2D eigenvalue weighted by atomic mass is 16.5. The Morgan fingerprint density at radius 1 is 1.08 bits per heavy atom. The van der Waals surface area contributed by atoms with Crippen LogP contribution in [0.5, 0.6) is 11.5 Å². The first-order valence-electron chi connectivity index (χ1n) is 8.02. The molecule has 0 radical (unpaired) electrons. The van der Waals surface area contributed by atoms with E-state index in [2.05, 4.69) is 5.32 Å². The van der Waals surface area contributed by atoms with Gasteiger partial charge in [0.05, 0.1) is 14.2 Å². The number of benzene rings is 2. The second-order valence-corrected chi connectivity index (χ2v) is 5.71. The zero-order valence-electron chi connectivity index (χ0n) is 14.2. The number of methoxy groups -OCH3 is 2. The molecule has 1 heterocycles. The lowest BCUT2D eigenvalue weighted by atomic mass is 10.2. The summed E-state index contributed by atoms with van der Waals surface area (Å²) >= 11 is 0. The molecule has 0 fully saturated rings. The van der Waals surface area contributed by atoms with E-state index in [4.69, 9.17) is 9.47 Å². The number of fused-ring (bicyclic) bond motifs is 1. The second-order valence-electron chi connectivity index (χ2n) is 5.71. The van der Waals surface area contributed by atoms with Crippen molar-refractivity contribution in [3.63, 3.8) is 0 Å². The number of ether oxygens (including phenoxy) is 2. The van der Waals surface area contributed by atoms with E-state index in [1.165, 1.54) is 4.90 Å². The average molecular weight is 340 g/mol. The molecule has 0 aliphatic carbocycles. The summed E-state index contributed by atoms with van der Waals surface area (Å²) in [6.07, 6.45) is 0.769. The molecule has 1 aliphatic rings. The van der Waals surface area contributed by atoms with Crippen LogP contribution < -0.4 is 19.7 Å². The zero-order chi connectivity index (χ0) is 17.8. The summed E-state index contributed by atoms with van der Waals surface area (Å²) in [5.41, 5.74) is 2.72. The van der Waals surface area contributed by atoms with E-state index in [0.29, 0.717) is 18.0 Å². The van der Waals surface area contributed by atoms with Crippen LogP contribution in [-0.2, 0) is 22.6 Å². The lowest BCUT2D eigenvalue weighted by molar-refractivity contribution is -0.137. The molecule has 0 spiro atoms. The van der Waals surface area contributed by atoms with Crippen molar-refractivity contribution < 1.29 is 19.1 Å². The molecule has 1 N–H and O–H groups in total. The number of amides is 2. The van der Waals surface area contributed by atoms with Gasteiger partial charge in [-0.3, -0.25) is 9.59 Å². The van der Waals surface area contributed by atoms with Crippen LogP contribution in [0.2, 0.25) is 0 Å². The highest BCUT2D eigenvalue weighted by Gasteiger charge is 2.28. The number of hydrogen-bond acceptors (Lipinski definition) is 4. The lowest BCUT2D eigenvalue weighted by Gasteiger charge is -2.17. The van der Waals surface area contributed by atoms with Crippen molar-refractivity contribution in [2.24, 2.45) is 0 Å². The molecule has 0 saturated heterocycles. The molecule has 0 bridgehead atoms. The first-order chi connectivity index (χ1) is 12.1. The van der Waals surface area contributed by atoms with Gasteiger partial charge in [0.25, 0.3) is 0 Å². The fourth-order valence-corrected chi connectivity index (χ4v) is 2.92. The third-order valence-electron chi connectivity index (χ3n) is 4.23. The number of carbonyl (C=O) groups excluding carboxylic acids is 2. The molecule has 3 rings (SSSR count). The van der Waals surface area contributed by atoms with Crippen LogP contribution in [0.1, 0.15) is 11.1 Å². The lowest BCUT2D eigenvalue weighted by Crippen LogP contribution is -2.42. The number of rotatable bonds is 4. The highest BCUT2D eigenvalue weighted by molar-refractivity contribution is 6.40. The Balaban J connectivity index is 1.64. The van der Waals surface area contributed by atoms with Gasteiger partial charge in [0.2, 0.25) is 0 Å². The van der Waals surface area contributed by atoms with Gasteiger partial charge in [0.1, 0.15) is 0 Å². The summed E-state index contributed by atoms with van der Waals surface area (Å²) in [5.74, 6) is 0.0355. The third kappa shape index (κ3) is 3.42. The van der Waals surface area contributed by atoms with Crippen LogP contribution >= 0.6 is 0 Å². The molecule has 0 unspecified atom stereocenters. The summed E-state index contributed by atoms with van der Waals surface area (Å²) in [5, 5.41) is 2.67. The molecule has 6 heteroatoms. The van der Waals surface area contributed by atoms with Crippen LogP contribution in [0.3, 0.4) is 0 Å². The van der Waals surface area contributed by atoms with E-state index < -0.39 is 11.8 Å². The van der Waals surface area contributed by atoms with Crippen molar-refractivity contribution in [1.82, 2.24) is 5.32 Å². The van der Waals surface area contributed by atoms with Crippen LogP contribution in [0.4, 0.5) is 5.69 Å². The van der Waals surface area contributed by atoms with Crippen molar-refractivity contribution in [2.45, 2.75) is 13.0 Å². The molecule has 1 aliphatic heterocycles. The average Bonchev–Trinajstić information content (AvgIpc) is 3.09. The molecule has 2 amide bonds. The van der Waals surface area contributed by atoms with Gasteiger partial charge in [-0.2, -0.15) is 0 Å². The number of anilines is 1. The van der Waals surface area contributed by atoms with Gasteiger partial charge in [-0.15, -0.1) is 0 Å². The molecule has 130 valence electrons. The summed E-state index contributed by atoms with van der Waals surface area (Å²) < 4.78 is 10.4. The van der Waals surface area contributed by atoms with E-state index in [1.54, 1.807) is 26.4 Å². The molecule has 25 heavy (non-hydrogen) atoms. The SMILES string of the molecule is COc1ccc(CNC(=O)C(=O)N2CCc3ccccc32)cc1OC. The minimum Gasteiger partial charge on any atom is -0.493 e. The van der Waals surface area contributed by atoms with Crippen molar-refractivity contribution in [2.75, 3.05) is 25.7 Å². The van der Waals surface area contributed by atoms with E-state index >= 15 is 0 Å². The van der Waals surface area contributed by atoms with E-state index in [0.717, 1.165) is 23.2 Å². The normalized spacial score (nSPS) is 12.5. The Kier molecular flexibility index (Phi) is 4.88. The van der Waals surface area contributed by atoms with Gasteiger partial charge in [-0.1, -0.05) is 24.3 Å². The van der Waals surface area contributed by atoms with Crippen LogP contribution in [0.15, 0.2) is 42.5 Å². The molecule has 2 aromatic rings. The number of nitrogens with one attached hydrogen (secondary N) is 1. The van der Waals surface area contributed by atoms with Gasteiger partial charge < -0.3 is 19.7 Å². The van der Waals surface area contributed by atoms with Crippen molar-refractivity contribution >= 4 is 17.5 Å². The Morgan fingerprint density at radius 2 is 1.84 bits per heavy atom. The smallest absolute Gasteiger partial charge is 0.316 e. The van der Waals surface area contributed by atoms with Crippen LogP contribution in [0, 0.1) is 0 Å². The highest BCUT2D eigenvalue weighted by Crippen LogP contribution is 2.28. The molecule has 0 atom stereocenters. The monoisotopic (exact) mass is 340 g/mol. The number of hydrogen-bond donors (Lipinski definition) is 1. The number of para-hydroxylation sites is 1. The first-order valence-corrected chi connectivity index (χ1v) is 8.02. The number of nitrogens with zero attached hydrogens (tertiary/aromatic N) is 1. The summed E-state index contributed by atoms with van der Waals surface area (Å²) in [6.45, 7) is 0.766. The quantitative estimate of drug-likeness (QED) is 0.864. The Bertz CT molecular complexity index is 804. The molecule has 0 aromatic heterocycles. The Hall–Kier alpha value is -3.02. The van der Waals surface area contributed by atoms with E-state index in [1.807, 2.05) is 30.3 Å². The third-order valence-corrected chi connectivity index (χ3v) is 4.23. The van der Waals surface area contributed by atoms with E-state index in [-0.39, 0.29) is 6.54 Å². The van der Waals surface area contributed by atoms with Crippen LogP contribution in [0.25, 0.3) is 0 Å². The largest absolute Gasteiger partial charge is 0.493 e. The standard InChI is InChI=1S/C19H20N2O4/c1-24-16-8-7-13(11-17(16)25-2)12-20-18(22)19(23)21-10-9-14-5-3-4-6-15(14)21/h3-8,11H,9-10,12H2,1-2H3,(H,20,22). The second kappa shape index (κ2) is 7.25. The van der Waals surface area contributed by atoms with Gasteiger partial charge in [0.15, 0.2) is 11.5 Å². The van der Waals surface area contributed by atoms with Gasteiger partial charge in [-0.25, -0.2) is 0 Å². The minimum absolute atomic E-state index is 0.237. The summed E-state index contributed by atoms with van der Waals surface area (Å²) in [4.78, 5) is 26.2. The molecule has 0 saturated carbocycles. The maximum absolute atomic E-state index is 12.4. The molecule has 6 nitrogen and oxygen atoms in total. The predicted molar refractivity (Wildman–Crippen MR) is 93.9 cm³/mol. The fourth-order valence-electron chi connectivity index (χ4n) is 2.92. The topological polar surface area (TPSA) is 67.9 Å². The fraction of sp³-hybridized carbons (Fsp3) is 0.263. The molecular formula is C19H20N2O4. The molecule has 2 aromatic carbocycles. The number of carbonyl (C=O) groups is 2. The maximum atomic E-state index is 12.4. The van der Waals surface area contributed by atoms with E-state index in [9.17, 15) is 9.59 Å². The first kappa shape index (κ1) is 16.8. The predicted octanol–water partition coefficient (Wildman–Crippen LogP) is 1.91. The Labute approximate surface area is 146 Å². The van der Waals surface area contributed by atoms with Gasteiger partial charge >= 0.3 is 11.8 Å². The van der Waals surface area contributed by atoms with Gasteiger partial charge in [0, 0.05) is 18.8 Å². The Morgan fingerprint density at radius 3 is 2.60 bits per heavy atom. The van der Waals surface area contributed by atoms with Gasteiger partial charge in [-0.05, 0) is 35.7 Å². The van der Waals surface area contributed by atoms with Crippen molar-refractivity contribution in [3.8, 4) is 11.5 Å². The van der Waals surface area contributed by atoms with Crippen molar-refractivity contribution in [1.29, 1.82) is 0 Å².